The Labute approximate surface area is 205 Å². The van der Waals surface area contributed by atoms with Crippen molar-refractivity contribution in [1.29, 1.82) is 0 Å². The monoisotopic (exact) mass is 476 g/mol. The van der Waals surface area contributed by atoms with E-state index < -0.39 is 23.0 Å². The van der Waals surface area contributed by atoms with E-state index in [1.807, 2.05) is 38.1 Å². The average Bonchev–Trinajstić information content (AvgIpc) is 3.53. The summed E-state index contributed by atoms with van der Waals surface area (Å²) in [6.07, 6.45) is 2.12. The number of hydrogen-bond donors (Lipinski definition) is 2. The van der Waals surface area contributed by atoms with Crippen LogP contribution >= 0.6 is 0 Å². The number of likely N-dealkylation sites (tertiary alicyclic amines) is 1. The van der Waals surface area contributed by atoms with E-state index >= 15 is 0 Å². The summed E-state index contributed by atoms with van der Waals surface area (Å²) in [4.78, 5) is 39.3. The first kappa shape index (κ1) is 23.4. The summed E-state index contributed by atoms with van der Waals surface area (Å²) in [5, 5.41) is 12.6. The minimum Gasteiger partial charge on any atom is -0.479 e. The number of alkyl carbamates (subject to hydrolysis) is 1. The third-order valence-corrected chi connectivity index (χ3v) is 8.05. The maximum atomic E-state index is 13.3. The Morgan fingerprint density at radius 1 is 1.09 bits per heavy atom. The third-order valence-electron chi connectivity index (χ3n) is 8.05. The topological polar surface area (TPSA) is 95.9 Å². The number of carboxylic acid groups (broad SMARTS) is 1. The van der Waals surface area contributed by atoms with Gasteiger partial charge in [-0.3, -0.25) is 4.79 Å². The molecule has 0 spiro atoms. The molecule has 2 N–H and O–H groups in total. The van der Waals surface area contributed by atoms with Crippen LogP contribution in [0.1, 0.15) is 56.6 Å². The summed E-state index contributed by atoms with van der Waals surface area (Å²) >= 11 is 0. The lowest BCUT2D eigenvalue weighted by Gasteiger charge is -2.39. The Kier molecular flexibility index (Phi) is 5.82. The van der Waals surface area contributed by atoms with Crippen LogP contribution in [0.5, 0.6) is 0 Å². The zero-order valence-corrected chi connectivity index (χ0v) is 20.3. The Morgan fingerprint density at radius 2 is 1.71 bits per heavy atom. The first-order chi connectivity index (χ1) is 16.8. The molecule has 1 aliphatic heterocycles. The number of nitrogens with zero attached hydrogens (tertiary/aromatic N) is 1. The fourth-order valence-electron chi connectivity index (χ4n) is 5.94. The van der Waals surface area contributed by atoms with Gasteiger partial charge in [-0.05, 0) is 53.9 Å². The SMILES string of the molecule is CC(C)(CCNC(=O)OCC1c2ccccc2-c2ccccc21)C(=O)N1CCC[C@@H]2C[C@@]21C(=O)O. The van der Waals surface area contributed by atoms with Crippen LogP contribution < -0.4 is 5.32 Å². The molecule has 0 aromatic heterocycles. The van der Waals surface area contributed by atoms with Gasteiger partial charge in [0.15, 0.2) is 0 Å². The van der Waals surface area contributed by atoms with E-state index in [0.717, 1.165) is 24.0 Å². The number of carboxylic acids is 1. The summed E-state index contributed by atoms with van der Waals surface area (Å²) in [5.74, 6) is -1.00. The Bertz CT molecular complexity index is 1130. The molecule has 2 aromatic carbocycles. The standard InChI is InChI=1S/C28H32N2O5/c1-27(2,24(31)30-15-7-8-18-16-28(18,30)25(32)33)13-14-29-26(34)35-17-23-21-11-5-3-9-19(21)20-10-4-6-12-22(20)23/h3-6,9-12,18,23H,7-8,13-17H2,1-2H3,(H,29,34)(H,32,33)/t18-,28+/m1/s1. The summed E-state index contributed by atoms with van der Waals surface area (Å²) < 4.78 is 5.58. The van der Waals surface area contributed by atoms with Crippen molar-refractivity contribution in [2.45, 2.75) is 51.0 Å². The smallest absolute Gasteiger partial charge is 0.407 e. The Hall–Kier alpha value is -3.35. The van der Waals surface area contributed by atoms with E-state index in [4.69, 9.17) is 4.74 Å². The molecule has 5 rings (SSSR count). The molecule has 0 radical (unpaired) electrons. The molecule has 7 heteroatoms. The van der Waals surface area contributed by atoms with Gasteiger partial charge in [0.25, 0.3) is 0 Å². The maximum absolute atomic E-state index is 13.3. The number of rotatable bonds is 7. The van der Waals surface area contributed by atoms with E-state index in [0.29, 0.717) is 19.4 Å². The van der Waals surface area contributed by atoms with Crippen LogP contribution in [0, 0.1) is 11.3 Å². The number of amides is 2. The van der Waals surface area contributed by atoms with Crippen molar-refractivity contribution < 1.29 is 24.2 Å². The normalized spacial score (nSPS) is 22.6. The van der Waals surface area contributed by atoms with Gasteiger partial charge in [-0.2, -0.15) is 0 Å². The molecule has 2 fully saturated rings. The van der Waals surface area contributed by atoms with Crippen LogP contribution in [0.25, 0.3) is 11.1 Å². The molecule has 7 nitrogen and oxygen atoms in total. The van der Waals surface area contributed by atoms with Crippen molar-refractivity contribution in [1.82, 2.24) is 10.2 Å². The zero-order chi connectivity index (χ0) is 24.8. The van der Waals surface area contributed by atoms with E-state index in [9.17, 15) is 19.5 Å². The number of carbonyl (C=O) groups excluding carboxylic acids is 2. The van der Waals surface area contributed by atoms with Crippen molar-refractivity contribution in [3.05, 3.63) is 59.7 Å². The number of hydrogen-bond acceptors (Lipinski definition) is 4. The quantitative estimate of drug-likeness (QED) is 0.617. The third kappa shape index (κ3) is 3.97. The second-order valence-electron chi connectivity index (χ2n) is 10.6. The molecule has 2 aliphatic carbocycles. The van der Waals surface area contributed by atoms with Gasteiger partial charge in [0.2, 0.25) is 5.91 Å². The highest BCUT2D eigenvalue weighted by atomic mass is 16.5. The first-order valence-corrected chi connectivity index (χ1v) is 12.4. The predicted molar refractivity (Wildman–Crippen MR) is 131 cm³/mol. The van der Waals surface area contributed by atoms with Gasteiger partial charge in [-0.25, -0.2) is 9.59 Å². The highest BCUT2D eigenvalue weighted by Crippen LogP contribution is 2.55. The molecule has 1 saturated carbocycles. The van der Waals surface area contributed by atoms with E-state index in [-0.39, 0.29) is 30.9 Å². The summed E-state index contributed by atoms with van der Waals surface area (Å²) in [5.41, 5.74) is 2.84. The molecular formula is C28H32N2O5. The van der Waals surface area contributed by atoms with E-state index in [1.54, 1.807) is 4.90 Å². The molecule has 0 bridgehead atoms. The number of aliphatic carboxylic acids is 1. The number of carbonyl (C=O) groups is 3. The van der Waals surface area contributed by atoms with Crippen LogP contribution in [0.15, 0.2) is 48.5 Å². The van der Waals surface area contributed by atoms with Crippen molar-refractivity contribution in [2.75, 3.05) is 19.7 Å². The number of nitrogens with one attached hydrogen (secondary N) is 1. The lowest BCUT2D eigenvalue weighted by atomic mass is 9.85. The van der Waals surface area contributed by atoms with Crippen LogP contribution in [0.3, 0.4) is 0 Å². The minimum atomic E-state index is -1.02. The lowest BCUT2D eigenvalue weighted by Crippen LogP contribution is -2.55. The molecular weight excluding hydrogens is 444 g/mol. The van der Waals surface area contributed by atoms with Crippen molar-refractivity contribution in [3.8, 4) is 11.1 Å². The molecule has 35 heavy (non-hydrogen) atoms. The number of piperidine rings is 1. The molecule has 3 aliphatic rings. The van der Waals surface area contributed by atoms with Gasteiger partial charge in [0, 0.05) is 24.4 Å². The average molecular weight is 477 g/mol. The fourth-order valence-corrected chi connectivity index (χ4v) is 5.94. The van der Waals surface area contributed by atoms with Gasteiger partial charge >= 0.3 is 12.1 Å². The highest BCUT2D eigenvalue weighted by molar-refractivity contribution is 5.92. The largest absolute Gasteiger partial charge is 0.479 e. The van der Waals surface area contributed by atoms with Crippen LogP contribution in [-0.4, -0.2) is 53.2 Å². The molecule has 2 aromatic rings. The summed E-state index contributed by atoms with van der Waals surface area (Å²) in [6.45, 7) is 4.61. The van der Waals surface area contributed by atoms with Crippen molar-refractivity contribution in [3.63, 3.8) is 0 Å². The van der Waals surface area contributed by atoms with Crippen LogP contribution in [0.4, 0.5) is 4.79 Å². The molecule has 1 saturated heterocycles. The van der Waals surface area contributed by atoms with Gasteiger partial charge in [0.1, 0.15) is 12.1 Å². The first-order valence-electron chi connectivity index (χ1n) is 12.4. The van der Waals surface area contributed by atoms with Crippen LogP contribution in [-0.2, 0) is 14.3 Å². The molecule has 0 unspecified atom stereocenters. The minimum absolute atomic E-state index is 0.0102. The van der Waals surface area contributed by atoms with Crippen molar-refractivity contribution in [2.24, 2.45) is 11.3 Å². The Morgan fingerprint density at radius 3 is 2.34 bits per heavy atom. The Balaban J connectivity index is 1.15. The zero-order valence-electron chi connectivity index (χ0n) is 20.3. The molecule has 1 heterocycles. The molecule has 2 amide bonds. The van der Waals surface area contributed by atoms with E-state index in [2.05, 4.69) is 29.6 Å². The molecule has 184 valence electrons. The van der Waals surface area contributed by atoms with Crippen LogP contribution in [0.2, 0.25) is 0 Å². The number of fused-ring (bicyclic) bond motifs is 4. The van der Waals surface area contributed by atoms with Crippen molar-refractivity contribution >= 4 is 18.0 Å². The van der Waals surface area contributed by atoms with E-state index in [1.165, 1.54) is 11.1 Å². The van der Waals surface area contributed by atoms with Gasteiger partial charge in [-0.1, -0.05) is 62.4 Å². The van der Waals surface area contributed by atoms with Gasteiger partial charge in [-0.15, -0.1) is 0 Å². The second kappa shape index (κ2) is 8.70. The summed E-state index contributed by atoms with van der Waals surface area (Å²) in [7, 11) is 0. The second-order valence-corrected chi connectivity index (χ2v) is 10.6. The maximum Gasteiger partial charge on any atom is 0.407 e. The van der Waals surface area contributed by atoms with Gasteiger partial charge in [0.05, 0.1) is 0 Å². The van der Waals surface area contributed by atoms with Gasteiger partial charge < -0.3 is 20.1 Å². The fraction of sp³-hybridized carbons (Fsp3) is 0.464. The lowest BCUT2D eigenvalue weighted by molar-refractivity contribution is -0.159. The number of benzene rings is 2. The molecule has 2 atom stereocenters. The predicted octanol–water partition coefficient (Wildman–Crippen LogP) is 4.41. The number of ether oxygens (including phenoxy) is 1. The summed E-state index contributed by atoms with van der Waals surface area (Å²) in [6, 6.07) is 16.4. The highest BCUT2D eigenvalue weighted by Gasteiger charge is 2.67.